The molecule has 2 aromatic rings. The summed E-state index contributed by atoms with van der Waals surface area (Å²) in [6, 6.07) is 8.78. The van der Waals surface area contributed by atoms with Crippen LogP contribution >= 0.6 is 11.8 Å². The number of rotatable bonds is 5. The van der Waals surface area contributed by atoms with Crippen LogP contribution in [0.2, 0.25) is 0 Å². The second kappa shape index (κ2) is 8.90. The highest BCUT2D eigenvalue weighted by Crippen LogP contribution is 2.30. The number of nitrogens with one attached hydrogen (secondary N) is 1. The summed E-state index contributed by atoms with van der Waals surface area (Å²) in [5.41, 5.74) is 2.45. The number of amides is 1. The maximum atomic E-state index is 12.5. The van der Waals surface area contributed by atoms with Gasteiger partial charge in [-0.1, -0.05) is 83.5 Å². The van der Waals surface area contributed by atoms with Crippen molar-refractivity contribution in [3.63, 3.8) is 0 Å². The van der Waals surface area contributed by atoms with Gasteiger partial charge in [-0.05, 0) is 29.2 Å². The van der Waals surface area contributed by atoms with Crippen LogP contribution in [0.5, 0.6) is 0 Å². The second-order valence-electron chi connectivity index (χ2n) is 9.42. The monoisotopic (exact) mass is 414 g/mol. The van der Waals surface area contributed by atoms with E-state index >= 15 is 0 Å². The minimum Gasteiger partial charge on any atom is -0.352 e. The molecule has 1 fully saturated rings. The number of carbonyl (C=O) groups is 1. The summed E-state index contributed by atoms with van der Waals surface area (Å²) >= 11 is 1.45. The first-order valence-electron chi connectivity index (χ1n) is 10.6. The third-order valence-electron chi connectivity index (χ3n) is 6.23. The van der Waals surface area contributed by atoms with E-state index in [1.54, 1.807) is 0 Å². The van der Waals surface area contributed by atoms with Crippen LogP contribution in [0.4, 0.5) is 0 Å². The van der Waals surface area contributed by atoms with Crippen molar-refractivity contribution < 1.29 is 4.79 Å². The van der Waals surface area contributed by atoms with Crippen molar-refractivity contribution in [3.05, 3.63) is 29.8 Å². The molecule has 5 nitrogen and oxygen atoms in total. The van der Waals surface area contributed by atoms with E-state index in [1.807, 2.05) is 11.6 Å². The molecular weight excluding hydrogens is 380 g/mol. The lowest BCUT2D eigenvalue weighted by Crippen LogP contribution is -2.44. The number of carbonyl (C=O) groups excluding carboxylic acids is 1. The third kappa shape index (κ3) is 5.21. The van der Waals surface area contributed by atoms with Crippen LogP contribution in [0.25, 0.3) is 11.4 Å². The minimum absolute atomic E-state index is 0.0834. The van der Waals surface area contributed by atoms with Crippen LogP contribution in [0.1, 0.15) is 59.4 Å². The van der Waals surface area contributed by atoms with Crippen molar-refractivity contribution in [1.29, 1.82) is 0 Å². The fourth-order valence-corrected chi connectivity index (χ4v) is 4.70. The fraction of sp³-hybridized carbons (Fsp3) is 0.609. The van der Waals surface area contributed by atoms with Crippen molar-refractivity contribution in [2.75, 3.05) is 5.75 Å². The zero-order valence-corrected chi connectivity index (χ0v) is 19.3. The minimum atomic E-state index is 0.0834. The number of benzene rings is 1. The van der Waals surface area contributed by atoms with Crippen molar-refractivity contribution in [2.24, 2.45) is 18.9 Å². The lowest BCUT2D eigenvalue weighted by Gasteiger charge is -2.34. The van der Waals surface area contributed by atoms with Crippen LogP contribution in [-0.2, 0) is 17.3 Å². The second-order valence-corrected chi connectivity index (χ2v) is 10.4. The summed E-state index contributed by atoms with van der Waals surface area (Å²) in [4.78, 5) is 12.5. The number of hydrogen-bond donors (Lipinski definition) is 1. The van der Waals surface area contributed by atoms with Gasteiger partial charge in [0, 0.05) is 18.7 Å². The number of thioether (sulfide) groups is 1. The standard InChI is InChI=1S/C23H34N4OS/c1-15-8-7-9-19(16(15)2)24-20(28)14-29-22-26-25-21(27(22)6)17-10-12-18(13-11-17)23(3,4)5/h10-13,15-16,19H,7-9,14H2,1-6H3,(H,24,28)/t15-,16-,19+/m1/s1. The van der Waals surface area contributed by atoms with Gasteiger partial charge in [-0.15, -0.1) is 10.2 Å². The lowest BCUT2D eigenvalue weighted by atomic mass is 9.78. The molecule has 29 heavy (non-hydrogen) atoms. The first-order valence-corrected chi connectivity index (χ1v) is 11.6. The first-order chi connectivity index (χ1) is 13.7. The molecule has 1 aliphatic carbocycles. The molecule has 1 N–H and O–H groups in total. The summed E-state index contributed by atoms with van der Waals surface area (Å²) in [6.07, 6.45) is 3.55. The van der Waals surface area contributed by atoms with Gasteiger partial charge in [0.25, 0.3) is 0 Å². The van der Waals surface area contributed by atoms with Crippen LogP contribution in [0.3, 0.4) is 0 Å². The molecule has 3 rings (SSSR count). The van der Waals surface area contributed by atoms with E-state index in [9.17, 15) is 4.79 Å². The van der Waals surface area contributed by atoms with Crippen LogP contribution in [0, 0.1) is 11.8 Å². The molecule has 0 saturated heterocycles. The van der Waals surface area contributed by atoms with Gasteiger partial charge in [0.05, 0.1) is 5.75 Å². The maximum absolute atomic E-state index is 12.5. The van der Waals surface area contributed by atoms with Gasteiger partial charge in [0.1, 0.15) is 0 Å². The normalized spacial score (nSPS) is 22.5. The Kier molecular flexibility index (Phi) is 6.72. The van der Waals surface area contributed by atoms with Crippen LogP contribution in [0.15, 0.2) is 29.4 Å². The topological polar surface area (TPSA) is 59.8 Å². The van der Waals surface area contributed by atoms with Crippen LogP contribution in [-0.4, -0.2) is 32.5 Å². The summed E-state index contributed by atoms with van der Waals surface area (Å²) in [6.45, 7) is 11.2. The molecule has 158 valence electrons. The molecule has 1 amide bonds. The van der Waals surface area contributed by atoms with Crippen molar-refractivity contribution in [1.82, 2.24) is 20.1 Å². The largest absolute Gasteiger partial charge is 0.352 e. The fourth-order valence-electron chi connectivity index (χ4n) is 3.98. The Morgan fingerprint density at radius 1 is 1.17 bits per heavy atom. The van der Waals surface area contributed by atoms with Gasteiger partial charge in [0.2, 0.25) is 5.91 Å². The molecule has 0 spiro atoms. The van der Waals surface area contributed by atoms with Gasteiger partial charge < -0.3 is 9.88 Å². The smallest absolute Gasteiger partial charge is 0.230 e. The molecule has 6 heteroatoms. The van der Waals surface area contributed by atoms with Crippen molar-refractivity contribution in [2.45, 2.75) is 70.5 Å². The summed E-state index contributed by atoms with van der Waals surface area (Å²) in [5, 5.41) is 12.7. The van der Waals surface area contributed by atoms with E-state index in [0.717, 1.165) is 23.0 Å². The maximum Gasteiger partial charge on any atom is 0.230 e. The van der Waals surface area contributed by atoms with Crippen molar-refractivity contribution >= 4 is 17.7 Å². The zero-order valence-electron chi connectivity index (χ0n) is 18.5. The quantitative estimate of drug-likeness (QED) is 0.713. The van der Waals surface area contributed by atoms with E-state index < -0.39 is 0 Å². The number of hydrogen-bond acceptors (Lipinski definition) is 4. The summed E-state index contributed by atoms with van der Waals surface area (Å²) in [5.74, 6) is 2.48. The average molecular weight is 415 g/mol. The van der Waals surface area contributed by atoms with Crippen LogP contribution < -0.4 is 5.32 Å². The Balaban J connectivity index is 1.60. The Morgan fingerprint density at radius 3 is 2.52 bits per heavy atom. The SMILES string of the molecule is C[C@@H]1[C@H](C)CCC[C@@H]1NC(=O)CSc1nnc(-c2ccc(C(C)(C)C)cc2)n1C. The van der Waals surface area contributed by atoms with E-state index in [2.05, 4.69) is 74.4 Å². The molecule has 1 heterocycles. The summed E-state index contributed by atoms with van der Waals surface area (Å²) < 4.78 is 1.97. The summed E-state index contributed by atoms with van der Waals surface area (Å²) in [7, 11) is 1.96. The third-order valence-corrected chi connectivity index (χ3v) is 7.25. The van der Waals surface area contributed by atoms with E-state index in [4.69, 9.17) is 0 Å². The highest BCUT2D eigenvalue weighted by molar-refractivity contribution is 7.99. The molecule has 1 aromatic carbocycles. The number of aromatic nitrogens is 3. The first kappa shape index (κ1) is 21.9. The molecule has 0 unspecified atom stereocenters. The molecule has 0 radical (unpaired) electrons. The molecule has 1 aliphatic rings. The van der Waals surface area contributed by atoms with Gasteiger partial charge in [-0.2, -0.15) is 0 Å². The van der Waals surface area contributed by atoms with E-state index in [0.29, 0.717) is 23.6 Å². The van der Waals surface area contributed by atoms with Crippen molar-refractivity contribution in [3.8, 4) is 11.4 Å². The molecule has 0 aliphatic heterocycles. The Labute approximate surface area is 179 Å². The number of nitrogens with zero attached hydrogens (tertiary/aromatic N) is 3. The Morgan fingerprint density at radius 2 is 1.86 bits per heavy atom. The average Bonchev–Trinajstić information content (AvgIpc) is 3.04. The highest BCUT2D eigenvalue weighted by Gasteiger charge is 2.28. The zero-order chi connectivity index (χ0) is 21.2. The molecule has 3 atom stereocenters. The molecule has 0 bridgehead atoms. The Hall–Kier alpha value is -1.82. The molecule has 1 aromatic heterocycles. The van der Waals surface area contributed by atoms with Gasteiger partial charge in [-0.3, -0.25) is 4.79 Å². The molecule has 1 saturated carbocycles. The predicted octanol–water partition coefficient (Wildman–Crippen LogP) is 4.81. The van der Waals surface area contributed by atoms with Gasteiger partial charge in [-0.25, -0.2) is 0 Å². The molecular formula is C23H34N4OS. The Bertz CT molecular complexity index is 838. The van der Waals surface area contributed by atoms with E-state index in [1.165, 1.54) is 30.2 Å². The van der Waals surface area contributed by atoms with Gasteiger partial charge >= 0.3 is 0 Å². The highest BCUT2D eigenvalue weighted by atomic mass is 32.2. The van der Waals surface area contributed by atoms with Gasteiger partial charge in [0.15, 0.2) is 11.0 Å². The predicted molar refractivity (Wildman–Crippen MR) is 120 cm³/mol. The van der Waals surface area contributed by atoms with E-state index in [-0.39, 0.29) is 11.3 Å². The lowest BCUT2D eigenvalue weighted by molar-refractivity contribution is -0.120.